The van der Waals surface area contributed by atoms with Crippen LogP contribution in [0.15, 0.2) is 128 Å². The Morgan fingerprint density at radius 3 is 0.639 bits per heavy atom. The van der Waals surface area contributed by atoms with Crippen molar-refractivity contribution in [1.29, 1.82) is 0 Å². The molecule has 36 heavy (non-hydrogen) atoms. The molecule has 0 saturated carbocycles. The normalized spacial score (nSPS) is 11.6. The summed E-state index contributed by atoms with van der Waals surface area (Å²) in [4.78, 5) is 4.08. The number of anilines is 2. The average molecular weight is 477 g/mol. The van der Waals surface area contributed by atoms with Gasteiger partial charge in [-0.05, 0) is 97.1 Å². The molecule has 0 atom stereocenters. The summed E-state index contributed by atoms with van der Waals surface area (Å²) < 4.78 is 0. The molecule has 0 aliphatic heterocycles. The Morgan fingerprint density at radius 2 is 0.472 bits per heavy atom. The molecule has 0 aromatic heterocycles. The molecule has 8 nitrogen and oxygen atoms in total. The lowest BCUT2D eigenvalue weighted by Gasteiger charge is -2.11. The maximum Gasteiger partial charge on any atom is 0.0858 e. The zero-order valence-electron chi connectivity index (χ0n) is 20.8. The first-order valence-corrected chi connectivity index (χ1v) is 11.5. The van der Waals surface area contributed by atoms with E-state index in [0.29, 0.717) is 0 Å². The first-order chi connectivity index (χ1) is 17.5. The minimum atomic E-state index is 0.731. The van der Waals surface area contributed by atoms with E-state index in [9.17, 15) is 0 Å². The lowest BCUT2D eigenvalue weighted by Crippen LogP contribution is -2.07. The molecule has 180 valence electrons. The number of nitrogens with zero attached hydrogens (tertiary/aromatic N) is 8. The minimum absolute atomic E-state index is 0.731. The Balaban J connectivity index is 1.32. The van der Waals surface area contributed by atoms with Crippen molar-refractivity contribution in [3.8, 4) is 0 Å². The van der Waals surface area contributed by atoms with Gasteiger partial charge in [0.15, 0.2) is 0 Å². The van der Waals surface area contributed by atoms with Crippen LogP contribution in [0.4, 0.5) is 45.5 Å². The fourth-order valence-corrected chi connectivity index (χ4v) is 3.15. The number of azo groups is 3. The fourth-order valence-electron chi connectivity index (χ4n) is 3.15. The molecule has 4 aromatic rings. The number of hydrogen-bond acceptors (Lipinski definition) is 8. The van der Waals surface area contributed by atoms with Crippen molar-refractivity contribution >= 4 is 45.5 Å². The van der Waals surface area contributed by atoms with Crippen molar-refractivity contribution in [3.05, 3.63) is 97.1 Å². The van der Waals surface area contributed by atoms with E-state index < -0.39 is 0 Å². The summed E-state index contributed by atoms with van der Waals surface area (Å²) in [6.45, 7) is 0. The lowest BCUT2D eigenvalue weighted by atomic mass is 10.3. The van der Waals surface area contributed by atoms with Crippen LogP contribution in [0.5, 0.6) is 0 Å². The van der Waals surface area contributed by atoms with Gasteiger partial charge in [-0.2, -0.15) is 30.7 Å². The van der Waals surface area contributed by atoms with Crippen molar-refractivity contribution in [2.24, 2.45) is 30.7 Å². The van der Waals surface area contributed by atoms with E-state index in [-0.39, 0.29) is 0 Å². The van der Waals surface area contributed by atoms with Crippen molar-refractivity contribution in [2.75, 3.05) is 38.0 Å². The molecule has 0 saturated heterocycles. The lowest BCUT2D eigenvalue weighted by molar-refractivity contribution is 1.13. The van der Waals surface area contributed by atoms with Crippen LogP contribution in [0.2, 0.25) is 0 Å². The van der Waals surface area contributed by atoms with Crippen LogP contribution >= 0.6 is 0 Å². The highest BCUT2D eigenvalue weighted by molar-refractivity contribution is 5.54. The molecule has 4 rings (SSSR count). The molecule has 0 N–H and O–H groups in total. The Hall–Kier alpha value is -4.72. The van der Waals surface area contributed by atoms with E-state index in [0.717, 1.165) is 45.5 Å². The maximum atomic E-state index is 4.30. The zero-order chi connectivity index (χ0) is 25.3. The van der Waals surface area contributed by atoms with Gasteiger partial charge in [-0.1, -0.05) is 0 Å². The average Bonchev–Trinajstić information content (AvgIpc) is 2.91. The van der Waals surface area contributed by atoms with E-state index in [4.69, 9.17) is 0 Å². The second-order valence-corrected chi connectivity index (χ2v) is 8.45. The van der Waals surface area contributed by atoms with Crippen molar-refractivity contribution < 1.29 is 0 Å². The third kappa shape index (κ3) is 6.89. The minimum Gasteiger partial charge on any atom is -0.378 e. The van der Waals surface area contributed by atoms with Crippen molar-refractivity contribution in [3.63, 3.8) is 0 Å². The molecule has 0 aliphatic rings. The second kappa shape index (κ2) is 11.6. The van der Waals surface area contributed by atoms with Gasteiger partial charge in [-0.15, -0.1) is 0 Å². The van der Waals surface area contributed by atoms with Gasteiger partial charge in [0.05, 0.1) is 34.1 Å². The highest BCUT2D eigenvalue weighted by Crippen LogP contribution is 2.26. The summed E-state index contributed by atoms with van der Waals surface area (Å²) in [6, 6.07) is 30.7. The van der Waals surface area contributed by atoms with E-state index in [1.54, 1.807) is 0 Å². The standard InChI is InChI=1S/C28H28N8/c1-35(2)27-17-13-25(14-18-27)33-31-23-9-5-21(6-10-23)29-30-22-7-11-24(12-8-22)32-34-26-15-19-28(20-16-26)36(3)4/h5-20H,1-4H3. The van der Waals surface area contributed by atoms with Crippen LogP contribution in [0.25, 0.3) is 0 Å². The van der Waals surface area contributed by atoms with Crippen LogP contribution in [-0.4, -0.2) is 28.2 Å². The van der Waals surface area contributed by atoms with Gasteiger partial charge in [-0.25, -0.2) is 0 Å². The fraction of sp³-hybridized carbons (Fsp3) is 0.143. The highest BCUT2D eigenvalue weighted by atomic mass is 15.1. The second-order valence-electron chi connectivity index (χ2n) is 8.45. The molecule has 4 aromatic carbocycles. The van der Waals surface area contributed by atoms with Gasteiger partial charge in [0.25, 0.3) is 0 Å². The van der Waals surface area contributed by atoms with Crippen LogP contribution in [0.1, 0.15) is 0 Å². The predicted octanol–water partition coefficient (Wildman–Crippen LogP) is 9.06. The molecular formula is C28H28N8. The van der Waals surface area contributed by atoms with Gasteiger partial charge >= 0.3 is 0 Å². The molecule has 0 fully saturated rings. The van der Waals surface area contributed by atoms with Gasteiger partial charge in [-0.3, -0.25) is 0 Å². The van der Waals surface area contributed by atoms with E-state index in [1.807, 2.05) is 135 Å². The summed E-state index contributed by atoms with van der Waals surface area (Å²) in [5, 5.41) is 25.7. The molecule has 0 amide bonds. The van der Waals surface area contributed by atoms with Crippen LogP contribution < -0.4 is 9.80 Å². The summed E-state index contributed by atoms with van der Waals surface area (Å²) >= 11 is 0. The molecule has 0 aliphatic carbocycles. The first-order valence-electron chi connectivity index (χ1n) is 11.5. The Kier molecular flexibility index (Phi) is 7.87. The molecule has 8 heteroatoms. The van der Waals surface area contributed by atoms with Crippen molar-refractivity contribution in [1.82, 2.24) is 0 Å². The summed E-state index contributed by atoms with van der Waals surface area (Å²) in [5.74, 6) is 0. The predicted molar refractivity (Wildman–Crippen MR) is 147 cm³/mol. The van der Waals surface area contributed by atoms with E-state index >= 15 is 0 Å². The molecule has 0 spiro atoms. The Labute approximate surface area is 211 Å². The van der Waals surface area contributed by atoms with Gasteiger partial charge in [0, 0.05) is 39.6 Å². The first kappa shape index (κ1) is 24.4. The molecular weight excluding hydrogens is 448 g/mol. The SMILES string of the molecule is CN(C)c1ccc(N=Nc2ccc(N=Nc3ccc(N=Nc4ccc(N(C)C)cc4)cc3)cc2)cc1. The smallest absolute Gasteiger partial charge is 0.0858 e. The highest BCUT2D eigenvalue weighted by Gasteiger charge is 1.98. The van der Waals surface area contributed by atoms with Crippen LogP contribution in [0, 0.1) is 0 Å². The van der Waals surface area contributed by atoms with Gasteiger partial charge < -0.3 is 9.80 Å². The number of benzene rings is 4. The van der Waals surface area contributed by atoms with E-state index in [2.05, 4.69) is 30.7 Å². The third-order valence-corrected chi connectivity index (χ3v) is 5.27. The number of rotatable bonds is 8. The topological polar surface area (TPSA) is 80.6 Å². The Morgan fingerprint density at radius 1 is 0.306 bits per heavy atom. The molecule has 0 heterocycles. The summed E-state index contributed by atoms with van der Waals surface area (Å²) in [5.41, 5.74) is 6.79. The van der Waals surface area contributed by atoms with Gasteiger partial charge in [0.2, 0.25) is 0 Å². The summed E-state index contributed by atoms with van der Waals surface area (Å²) in [6.07, 6.45) is 0. The van der Waals surface area contributed by atoms with Gasteiger partial charge in [0.1, 0.15) is 0 Å². The molecule has 0 unspecified atom stereocenters. The molecule has 0 bridgehead atoms. The zero-order valence-corrected chi connectivity index (χ0v) is 20.8. The quantitative estimate of drug-likeness (QED) is 0.238. The largest absolute Gasteiger partial charge is 0.378 e. The Bertz CT molecular complexity index is 1230. The summed E-state index contributed by atoms with van der Waals surface area (Å²) in [7, 11) is 8.02. The monoisotopic (exact) mass is 476 g/mol. The van der Waals surface area contributed by atoms with E-state index in [1.165, 1.54) is 0 Å². The third-order valence-electron chi connectivity index (χ3n) is 5.27. The van der Waals surface area contributed by atoms with Crippen molar-refractivity contribution in [2.45, 2.75) is 0 Å². The van der Waals surface area contributed by atoms with Crippen LogP contribution in [-0.2, 0) is 0 Å². The number of hydrogen-bond donors (Lipinski definition) is 0. The maximum absolute atomic E-state index is 4.30. The molecule has 0 radical (unpaired) electrons. The van der Waals surface area contributed by atoms with Crippen LogP contribution in [0.3, 0.4) is 0 Å².